The number of carbonyl (C=O) groups is 1. The van der Waals surface area contributed by atoms with Gasteiger partial charge in [0.25, 0.3) is 0 Å². The number of carboxylic acid groups (broad SMARTS) is 1. The maximum absolute atomic E-state index is 13.9. The number of halogens is 1. The quantitative estimate of drug-likeness (QED) is 0.423. The molecule has 1 unspecified atom stereocenters. The van der Waals surface area contributed by atoms with Crippen LogP contribution >= 0.6 is 0 Å². The molecule has 1 atom stereocenters. The Morgan fingerprint density at radius 1 is 0.939 bits per heavy atom. The Hall–Kier alpha value is -3.34. The average molecular weight is 450 g/mol. The topological polar surface area (TPSA) is 49.8 Å². The molecule has 0 aliphatic carbocycles. The Bertz CT molecular complexity index is 1190. The fourth-order valence-corrected chi connectivity index (χ4v) is 4.21. The molecule has 0 aliphatic rings. The highest BCUT2D eigenvalue weighted by atomic mass is 19.1. The van der Waals surface area contributed by atoms with Crippen LogP contribution in [0.4, 0.5) is 15.8 Å². The predicted octanol–water partition coefficient (Wildman–Crippen LogP) is 6.98. The molecule has 4 nitrogen and oxygen atoms in total. The number of anilines is 2. The Kier molecular flexibility index (Phi) is 7.11. The molecule has 5 heteroatoms. The summed E-state index contributed by atoms with van der Waals surface area (Å²) in [6, 6.07) is 14.5. The Balaban J connectivity index is 2.10. The van der Waals surface area contributed by atoms with Crippen LogP contribution < -0.4 is 9.64 Å². The highest BCUT2D eigenvalue weighted by Crippen LogP contribution is 2.39. The van der Waals surface area contributed by atoms with E-state index in [1.807, 2.05) is 52.9 Å². The molecule has 0 heterocycles. The molecule has 3 rings (SSSR count). The maximum Gasteiger partial charge on any atom is 0.345 e. The van der Waals surface area contributed by atoms with E-state index in [2.05, 4.69) is 30.9 Å². The van der Waals surface area contributed by atoms with Gasteiger partial charge in [0.2, 0.25) is 0 Å². The van der Waals surface area contributed by atoms with E-state index < -0.39 is 12.1 Å². The zero-order chi connectivity index (χ0) is 24.4. The van der Waals surface area contributed by atoms with Crippen LogP contribution in [0.3, 0.4) is 0 Å². The van der Waals surface area contributed by atoms with Gasteiger partial charge in [-0.2, -0.15) is 0 Å². The van der Waals surface area contributed by atoms with Crippen molar-refractivity contribution in [2.24, 2.45) is 5.92 Å². The second-order valence-electron chi connectivity index (χ2n) is 8.98. The third-order valence-corrected chi connectivity index (χ3v) is 6.18. The number of aryl methyl sites for hydroxylation is 2. The zero-order valence-corrected chi connectivity index (χ0v) is 20.4. The van der Waals surface area contributed by atoms with Crippen molar-refractivity contribution in [3.63, 3.8) is 0 Å². The zero-order valence-electron chi connectivity index (χ0n) is 20.4. The fourth-order valence-electron chi connectivity index (χ4n) is 4.21. The van der Waals surface area contributed by atoms with Crippen molar-refractivity contribution in [2.45, 2.75) is 47.6 Å². The molecule has 0 fully saturated rings. The van der Waals surface area contributed by atoms with Crippen molar-refractivity contribution in [2.75, 3.05) is 11.9 Å². The van der Waals surface area contributed by atoms with Crippen LogP contribution in [0, 0.1) is 39.4 Å². The third kappa shape index (κ3) is 5.03. The summed E-state index contributed by atoms with van der Waals surface area (Å²) in [5, 5.41) is 9.57. The molecule has 1 N–H and O–H groups in total. The van der Waals surface area contributed by atoms with Gasteiger partial charge in [-0.15, -0.1) is 0 Å². The van der Waals surface area contributed by atoms with E-state index in [1.54, 1.807) is 6.07 Å². The van der Waals surface area contributed by atoms with Gasteiger partial charge in [0.05, 0.1) is 5.69 Å². The van der Waals surface area contributed by atoms with E-state index >= 15 is 0 Å². The van der Waals surface area contributed by atoms with Crippen LogP contribution in [0.25, 0.3) is 11.1 Å². The van der Waals surface area contributed by atoms with Crippen molar-refractivity contribution in [1.82, 2.24) is 0 Å². The molecule has 0 amide bonds. The van der Waals surface area contributed by atoms with Gasteiger partial charge in [0.15, 0.2) is 6.10 Å². The lowest BCUT2D eigenvalue weighted by Gasteiger charge is -2.29. The first-order valence-electron chi connectivity index (χ1n) is 11.1. The summed E-state index contributed by atoms with van der Waals surface area (Å²) in [5.41, 5.74) is 7.85. The van der Waals surface area contributed by atoms with Gasteiger partial charge in [-0.05, 0) is 79.8 Å². The monoisotopic (exact) mass is 449 g/mol. The lowest BCUT2D eigenvalue weighted by atomic mass is 9.97. The molecule has 3 aromatic carbocycles. The third-order valence-electron chi connectivity index (χ3n) is 6.18. The lowest BCUT2D eigenvalue weighted by Crippen LogP contribution is -2.32. The first-order valence-corrected chi connectivity index (χ1v) is 11.1. The summed E-state index contributed by atoms with van der Waals surface area (Å²) in [5.74, 6) is -0.860. The largest absolute Gasteiger partial charge is 0.478 e. The SMILES string of the molecule is Cc1cc(-c2cccc(F)c2)cc(N(C)c2c(C)ccc(OC(C(=O)O)C(C)C)c2C)c1C. The minimum atomic E-state index is -0.978. The molecule has 33 heavy (non-hydrogen) atoms. The number of carboxylic acids is 1. The Morgan fingerprint density at radius 3 is 2.24 bits per heavy atom. The van der Waals surface area contributed by atoms with E-state index in [4.69, 9.17) is 4.74 Å². The summed E-state index contributed by atoms with van der Waals surface area (Å²) >= 11 is 0. The number of aliphatic carboxylic acids is 1. The van der Waals surface area contributed by atoms with Gasteiger partial charge in [-0.1, -0.05) is 38.1 Å². The highest BCUT2D eigenvalue weighted by Gasteiger charge is 2.25. The summed E-state index contributed by atoms with van der Waals surface area (Å²) in [4.78, 5) is 13.8. The first-order chi connectivity index (χ1) is 15.5. The van der Waals surface area contributed by atoms with Crippen LogP contribution in [0.5, 0.6) is 5.75 Å². The summed E-state index contributed by atoms with van der Waals surface area (Å²) in [6.45, 7) is 11.8. The molecule has 0 aliphatic heterocycles. The van der Waals surface area contributed by atoms with Crippen LogP contribution in [0.15, 0.2) is 48.5 Å². The van der Waals surface area contributed by atoms with Gasteiger partial charge >= 0.3 is 5.97 Å². The van der Waals surface area contributed by atoms with Gasteiger partial charge in [0, 0.05) is 24.2 Å². The van der Waals surface area contributed by atoms with Gasteiger partial charge in [-0.25, -0.2) is 9.18 Å². The molecule has 3 aromatic rings. The maximum atomic E-state index is 13.9. The smallest absolute Gasteiger partial charge is 0.345 e. The molecule has 0 spiro atoms. The molecule has 0 saturated heterocycles. The highest BCUT2D eigenvalue weighted by molar-refractivity contribution is 5.79. The second-order valence-corrected chi connectivity index (χ2v) is 8.98. The average Bonchev–Trinajstić information content (AvgIpc) is 2.74. The number of rotatable bonds is 7. The molecular weight excluding hydrogens is 417 g/mol. The van der Waals surface area contributed by atoms with Crippen molar-refractivity contribution >= 4 is 17.3 Å². The lowest BCUT2D eigenvalue weighted by molar-refractivity contribution is -0.147. The Morgan fingerprint density at radius 2 is 1.64 bits per heavy atom. The predicted molar refractivity (Wildman–Crippen MR) is 132 cm³/mol. The van der Waals surface area contributed by atoms with E-state index in [0.717, 1.165) is 44.8 Å². The number of ether oxygens (including phenoxy) is 1. The Labute approximate surface area is 195 Å². The normalized spacial score (nSPS) is 12.0. The van der Waals surface area contributed by atoms with Crippen molar-refractivity contribution in [1.29, 1.82) is 0 Å². The van der Waals surface area contributed by atoms with Crippen molar-refractivity contribution in [3.05, 3.63) is 76.6 Å². The van der Waals surface area contributed by atoms with E-state index in [0.29, 0.717) is 5.75 Å². The van der Waals surface area contributed by atoms with Gasteiger partial charge in [0.1, 0.15) is 11.6 Å². The summed E-state index contributed by atoms with van der Waals surface area (Å²) in [7, 11) is 1.99. The molecule has 0 bridgehead atoms. The van der Waals surface area contributed by atoms with Crippen molar-refractivity contribution < 1.29 is 19.0 Å². The number of benzene rings is 3. The van der Waals surface area contributed by atoms with E-state index in [1.165, 1.54) is 12.1 Å². The van der Waals surface area contributed by atoms with Gasteiger partial charge in [-0.3, -0.25) is 0 Å². The summed E-state index contributed by atoms with van der Waals surface area (Å²) < 4.78 is 19.8. The minimum absolute atomic E-state index is 0.169. The first kappa shape index (κ1) is 24.3. The number of hydrogen-bond acceptors (Lipinski definition) is 3. The van der Waals surface area contributed by atoms with Crippen LogP contribution in [-0.4, -0.2) is 24.2 Å². The summed E-state index contributed by atoms with van der Waals surface area (Å²) in [6.07, 6.45) is -0.926. The molecule has 0 saturated carbocycles. The number of nitrogens with zero attached hydrogens (tertiary/aromatic N) is 1. The molecule has 174 valence electrons. The minimum Gasteiger partial charge on any atom is -0.478 e. The van der Waals surface area contributed by atoms with Gasteiger partial charge < -0.3 is 14.7 Å². The van der Waals surface area contributed by atoms with Crippen LogP contribution in [0.2, 0.25) is 0 Å². The van der Waals surface area contributed by atoms with Crippen molar-refractivity contribution in [3.8, 4) is 16.9 Å². The fraction of sp³-hybridized carbons (Fsp3) is 0.321. The van der Waals surface area contributed by atoms with Crippen LogP contribution in [-0.2, 0) is 4.79 Å². The standard InChI is InChI=1S/C28H32FNO3/c1-16(2)27(28(31)32)33-25-12-11-17(3)26(20(25)6)30(7)24-15-22(13-18(4)19(24)5)21-9-8-10-23(29)14-21/h8-16,27H,1-7H3,(H,31,32). The van der Waals surface area contributed by atoms with E-state index in [9.17, 15) is 14.3 Å². The number of hydrogen-bond donors (Lipinski definition) is 1. The molecule has 0 radical (unpaired) electrons. The van der Waals surface area contributed by atoms with E-state index in [-0.39, 0.29) is 11.7 Å². The second kappa shape index (κ2) is 9.65. The molecular formula is C28H32FNO3. The van der Waals surface area contributed by atoms with Crippen LogP contribution in [0.1, 0.15) is 36.1 Å². The molecule has 0 aromatic heterocycles.